The van der Waals surface area contributed by atoms with Crippen LogP contribution in [0.5, 0.6) is 0 Å². The predicted octanol–water partition coefficient (Wildman–Crippen LogP) is 8.39. The summed E-state index contributed by atoms with van der Waals surface area (Å²) < 4.78 is 0. The molecule has 0 saturated heterocycles. The molecule has 0 amide bonds. The van der Waals surface area contributed by atoms with Gasteiger partial charge in [-0.05, 0) is 49.1 Å². The zero-order chi connectivity index (χ0) is 20.6. The Morgan fingerprint density at radius 2 is 1.41 bits per heavy atom. The van der Waals surface area contributed by atoms with Crippen LogP contribution in [0.4, 0.5) is 0 Å². The van der Waals surface area contributed by atoms with Crippen LogP contribution in [0.2, 0.25) is 0 Å². The number of imidazole rings is 1. The first-order valence-electron chi connectivity index (χ1n) is 12.4. The van der Waals surface area contributed by atoms with Crippen molar-refractivity contribution in [2.75, 3.05) is 0 Å². The Hall–Kier alpha value is -1.57. The summed E-state index contributed by atoms with van der Waals surface area (Å²) in [7, 11) is 0. The summed E-state index contributed by atoms with van der Waals surface area (Å²) in [5, 5.41) is 0. The van der Waals surface area contributed by atoms with Crippen LogP contribution in [-0.4, -0.2) is 9.97 Å². The third-order valence-electron chi connectivity index (χ3n) is 6.28. The van der Waals surface area contributed by atoms with E-state index in [0.29, 0.717) is 0 Å². The average Bonchev–Trinajstić information content (AvgIpc) is 3.27. The zero-order valence-corrected chi connectivity index (χ0v) is 19.1. The van der Waals surface area contributed by atoms with Crippen LogP contribution in [-0.2, 0) is 12.8 Å². The maximum atomic E-state index is 4.31. The average molecular weight is 397 g/mol. The minimum atomic E-state index is 0.718. The molecule has 2 aromatic rings. The number of H-pyrrole nitrogens is 1. The molecule has 0 aliphatic rings. The van der Waals surface area contributed by atoms with Crippen molar-refractivity contribution in [3.05, 3.63) is 53.6 Å². The first kappa shape index (κ1) is 23.7. The topological polar surface area (TPSA) is 28.7 Å². The van der Waals surface area contributed by atoms with E-state index in [1.165, 1.54) is 95.5 Å². The lowest BCUT2D eigenvalue weighted by molar-refractivity contribution is 0.543. The van der Waals surface area contributed by atoms with Crippen LogP contribution in [0.25, 0.3) is 0 Å². The van der Waals surface area contributed by atoms with Crippen molar-refractivity contribution in [3.8, 4) is 0 Å². The summed E-state index contributed by atoms with van der Waals surface area (Å²) in [5.74, 6) is 1.85. The third-order valence-corrected chi connectivity index (χ3v) is 6.28. The van der Waals surface area contributed by atoms with E-state index in [4.69, 9.17) is 0 Å². The van der Waals surface area contributed by atoms with Gasteiger partial charge in [0.25, 0.3) is 0 Å². The van der Waals surface area contributed by atoms with E-state index >= 15 is 0 Å². The van der Waals surface area contributed by atoms with E-state index in [-0.39, 0.29) is 0 Å². The molecule has 1 aromatic carbocycles. The number of unbranched alkanes of at least 4 members (excludes halogenated alkanes) is 9. The van der Waals surface area contributed by atoms with Crippen LogP contribution in [0, 0.1) is 0 Å². The Morgan fingerprint density at radius 1 is 0.759 bits per heavy atom. The van der Waals surface area contributed by atoms with Gasteiger partial charge in [0.05, 0.1) is 0 Å². The molecule has 0 fully saturated rings. The molecule has 0 saturated carbocycles. The van der Waals surface area contributed by atoms with Gasteiger partial charge in [-0.2, -0.15) is 0 Å². The number of nitrogens with one attached hydrogen (secondary N) is 1. The lowest BCUT2D eigenvalue weighted by atomic mass is 9.90. The molecule has 1 unspecified atom stereocenters. The number of hydrogen-bond acceptors (Lipinski definition) is 1. The van der Waals surface area contributed by atoms with Crippen LogP contribution < -0.4 is 0 Å². The normalized spacial score (nSPS) is 12.3. The van der Waals surface area contributed by atoms with Crippen molar-refractivity contribution in [1.82, 2.24) is 9.97 Å². The van der Waals surface area contributed by atoms with Gasteiger partial charge < -0.3 is 4.98 Å². The number of rotatable bonds is 17. The Bertz CT molecular complexity index is 600. The number of benzene rings is 1. The highest BCUT2D eigenvalue weighted by Gasteiger charge is 2.09. The minimum Gasteiger partial charge on any atom is -0.349 e. The summed E-state index contributed by atoms with van der Waals surface area (Å²) in [6.07, 6.45) is 23.7. The third kappa shape index (κ3) is 10.1. The summed E-state index contributed by atoms with van der Waals surface area (Å²) in [5.41, 5.74) is 3.06. The molecule has 0 aliphatic heterocycles. The predicted molar refractivity (Wildman–Crippen MR) is 127 cm³/mol. The van der Waals surface area contributed by atoms with Gasteiger partial charge in [0.2, 0.25) is 0 Å². The second kappa shape index (κ2) is 15.3. The largest absolute Gasteiger partial charge is 0.349 e. The van der Waals surface area contributed by atoms with E-state index in [1.807, 2.05) is 12.4 Å². The summed E-state index contributed by atoms with van der Waals surface area (Å²) in [4.78, 5) is 7.51. The molecule has 2 nitrogen and oxygen atoms in total. The second-order valence-electron chi connectivity index (χ2n) is 8.71. The van der Waals surface area contributed by atoms with E-state index < -0.39 is 0 Å². The van der Waals surface area contributed by atoms with Gasteiger partial charge in [0.15, 0.2) is 0 Å². The van der Waals surface area contributed by atoms with E-state index in [0.717, 1.165) is 18.2 Å². The molecule has 1 heterocycles. The van der Waals surface area contributed by atoms with Crippen LogP contribution in [0.1, 0.15) is 120 Å². The van der Waals surface area contributed by atoms with Crippen molar-refractivity contribution in [1.29, 1.82) is 0 Å². The van der Waals surface area contributed by atoms with Crippen molar-refractivity contribution in [2.45, 2.75) is 116 Å². The van der Waals surface area contributed by atoms with Gasteiger partial charge in [-0.3, -0.25) is 0 Å². The molecule has 2 rings (SSSR count). The van der Waals surface area contributed by atoms with Crippen LogP contribution >= 0.6 is 0 Å². The van der Waals surface area contributed by atoms with Crippen molar-refractivity contribution < 1.29 is 0 Å². The smallest absolute Gasteiger partial charge is 0.105 e. The maximum absolute atomic E-state index is 4.31. The molecule has 162 valence electrons. The highest BCUT2D eigenvalue weighted by molar-refractivity contribution is 5.25. The zero-order valence-electron chi connectivity index (χ0n) is 19.1. The van der Waals surface area contributed by atoms with E-state index in [1.54, 1.807) is 5.56 Å². The monoisotopic (exact) mass is 396 g/mol. The molecule has 0 spiro atoms. The summed E-state index contributed by atoms with van der Waals surface area (Å²) in [6, 6.07) is 9.57. The fourth-order valence-corrected chi connectivity index (χ4v) is 4.32. The lowest BCUT2D eigenvalue weighted by Gasteiger charge is -2.16. The number of aromatic amines is 1. The van der Waals surface area contributed by atoms with Gasteiger partial charge in [-0.15, -0.1) is 0 Å². The van der Waals surface area contributed by atoms with Crippen molar-refractivity contribution in [2.24, 2.45) is 0 Å². The molecule has 0 bridgehead atoms. The van der Waals surface area contributed by atoms with E-state index in [2.05, 4.69) is 48.1 Å². The number of aromatic nitrogens is 2. The van der Waals surface area contributed by atoms with Gasteiger partial charge in [0, 0.05) is 18.8 Å². The first-order valence-corrected chi connectivity index (χ1v) is 12.4. The quantitative estimate of drug-likeness (QED) is 0.267. The number of hydrogen-bond donors (Lipinski definition) is 1. The SMILES string of the molecule is CCCCCCCCCCc1ccc(C(CC)CCCCCc2ncc[nH]2)cc1. The Morgan fingerprint density at radius 3 is 2.07 bits per heavy atom. The Balaban J connectivity index is 1.58. The number of nitrogens with zero attached hydrogens (tertiary/aromatic N) is 1. The van der Waals surface area contributed by atoms with Crippen LogP contribution in [0.3, 0.4) is 0 Å². The molecule has 1 N–H and O–H groups in total. The van der Waals surface area contributed by atoms with E-state index in [9.17, 15) is 0 Å². The highest BCUT2D eigenvalue weighted by atomic mass is 14.9. The fraction of sp³-hybridized carbons (Fsp3) is 0.667. The fourth-order valence-electron chi connectivity index (χ4n) is 4.32. The maximum Gasteiger partial charge on any atom is 0.105 e. The van der Waals surface area contributed by atoms with Gasteiger partial charge in [0.1, 0.15) is 5.82 Å². The molecular weight excluding hydrogens is 352 g/mol. The lowest BCUT2D eigenvalue weighted by Crippen LogP contribution is -1.99. The standard InChI is InChI=1S/C27H44N2/c1-3-5-6-7-8-9-10-12-15-24-18-20-26(21-19-24)25(4-2)16-13-11-14-17-27-28-22-23-29-27/h18-23,25H,3-17H2,1-2H3,(H,28,29). The number of aryl methyl sites for hydroxylation is 2. The highest BCUT2D eigenvalue weighted by Crippen LogP contribution is 2.26. The molecule has 1 aromatic heterocycles. The minimum absolute atomic E-state index is 0.718. The summed E-state index contributed by atoms with van der Waals surface area (Å²) >= 11 is 0. The van der Waals surface area contributed by atoms with Crippen LogP contribution in [0.15, 0.2) is 36.7 Å². The molecule has 29 heavy (non-hydrogen) atoms. The Kier molecular flexibility index (Phi) is 12.5. The molecule has 0 aliphatic carbocycles. The van der Waals surface area contributed by atoms with Gasteiger partial charge in [-0.1, -0.05) is 95.9 Å². The molecular formula is C27H44N2. The van der Waals surface area contributed by atoms with Gasteiger partial charge >= 0.3 is 0 Å². The molecule has 2 heteroatoms. The molecule has 1 atom stereocenters. The first-order chi connectivity index (χ1) is 14.3. The molecule has 0 radical (unpaired) electrons. The van der Waals surface area contributed by atoms with Crippen molar-refractivity contribution in [3.63, 3.8) is 0 Å². The second-order valence-corrected chi connectivity index (χ2v) is 8.71. The summed E-state index contributed by atoms with van der Waals surface area (Å²) in [6.45, 7) is 4.63. The van der Waals surface area contributed by atoms with Gasteiger partial charge in [-0.25, -0.2) is 4.98 Å². The Labute approximate surface area is 179 Å². The van der Waals surface area contributed by atoms with Crippen molar-refractivity contribution >= 4 is 0 Å².